The van der Waals surface area contributed by atoms with Crippen molar-refractivity contribution >= 4 is 57.8 Å². The first kappa shape index (κ1) is 25.2. The van der Waals surface area contributed by atoms with Crippen molar-refractivity contribution < 1.29 is 13.9 Å². The van der Waals surface area contributed by atoms with E-state index in [2.05, 4.69) is 15.6 Å². The zero-order valence-electron chi connectivity index (χ0n) is 19.7. The van der Waals surface area contributed by atoms with E-state index < -0.39 is 0 Å². The lowest BCUT2D eigenvalue weighted by molar-refractivity contribution is -0.119. The van der Waals surface area contributed by atoms with Crippen LogP contribution >= 0.6 is 35.4 Å². The molecule has 1 aliphatic rings. The third kappa shape index (κ3) is 5.33. The molecule has 37 heavy (non-hydrogen) atoms. The molecule has 5 rings (SSSR count). The van der Waals surface area contributed by atoms with Crippen LogP contribution in [0.2, 0.25) is 10.0 Å². The van der Waals surface area contributed by atoms with Gasteiger partial charge < -0.3 is 24.7 Å². The van der Waals surface area contributed by atoms with E-state index in [9.17, 15) is 4.79 Å². The minimum absolute atomic E-state index is 0.0197. The molecule has 2 N–H and O–H groups in total. The Hall–Kier alpha value is -3.43. The van der Waals surface area contributed by atoms with Crippen LogP contribution in [0.3, 0.4) is 0 Å². The number of carbonyl (C=O) groups is 1. The molecule has 10 heteroatoms. The lowest BCUT2D eigenvalue weighted by Gasteiger charge is -2.26. The Labute approximate surface area is 229 Å². The number of hydrogen-bond acceptors (Lipinski definition) is 5. The molecular weight excluding hydrogens is 531 g/mol. The maximum absolute atomic E-state index is 11.9. The van der Waals surface area contributed by atoms with Crippen molar-refractivity contribution in [2.45, 2.75) is 12.1 Å². The van der Waals surface area contributed by atoms with E-state index in [1.165, 1.54) is 7.11 Å². The first-order chi connectivity index (χ1) is 17.9. The molecule has 2 aromatic carbocycles. The first-order valence-corrected chi connectivity index (χ1v) is 12.6. The van der Waals surface area contributed by atoms with Crippen LogP contribution in [0, 0.1) is 0 Å². The summed E-state index contributed by atoms with van der Waals surface area (Å²) in [5, 5.41) is 7.78. The van der Waals surface area contributed by atoms with Gasteiger partial charge in [-0.2, -0.15) is 0 Å². The number of methoxy groups -OCH3 is 1. The molecule has 0 radical (unpaired) electrons. The van der Waals surface area contributed by atoms with Crippen LogP contribution in [-0.2, 0) is 9.53 Å². The molecule has 1 fully saturated rings. The Bertz CT molecular complexity index is 1430. The maximum atomic E-state index is 11.9. The van der Waals surface area contributed by atoms with E-state index in [1.807, 2.05) is 65.6 Å². The second-order valence-corrected chi connectivity index (χ2v) is 9.58. The second kappa shape index (κ2) is 10.9. The summed E-state index contributed by atoms with van der Waals surface area (Å²) < 4.78 is 11.2. The summed E-state index contributed by atoms with van der Waals surface area (Å²) in [5.74, 6) is 1.07. The van der Waals surface area contributed by atoms with Crippen molar-refractivity contribution in [3.63, 3.8) is 0 Å². The molecule has 188 valence electrons. The minimum Gasteiger partial charge on any atom is -0.459 e. The average molecular weight is 553 g/mol. The quantitative estimate of drug-likeness (QED) is 0.256. The molecule has 0 saturated carbocycles. The molecule has 1 saturated heterocycles. The van der Waals surface area contributed by atoms with Crippen LogP contribution in [0.5, 0.6) is 0 Å². The summed E-state index contributed by atoms with van der Waals surface area (Å²) in [6, 6.07) is 21.7. The normalized spacial score (nSPS) is 17.1. The van der Waals surface area contributed by atoms with Crippen LogP contribution in [-0.4, -0.2) is 29.7 Å². The van der Waals surface area contributed by atoms with Crippen molar-refractivity contribution in [3.8, 4) is 11.3 Å². The zero-order valence-corrected chi connectivity index (χ0v) is 22.0. The highest BCUT2D eigenvalue weighted by Gasteiger charge is 2.42. The van der Waals surface area contributed by atoms with Crippen molar-refractivity contribution in [1.82, 2.24) is 10.3 Å². The van der Waals surface area contributed by atoms with Gasteiger partial charge in [0.15, 0.2) is 5.11 Å². The van der Waals surface area contributed by atoms with Gasteiger partial charge in [0.05, 0.1) is 16.8 Å². The molecule has 0 unspecified atom stereocenters. The van der Waals surface area contributed by atoms with Crippen molar-refractivity contribution in [3.05, 3.63) is 100 Å². The Morgan fingerprint density at radius 2 is 1.95 bits per heavy atom. The van der Waals surface area contributed by atoms with Gasteiger partial charge in [-0.1, -0.05) is 29.3 Å². The lowest BCUT2D eigenvalue weighted by atomic mass is 10.0. The summed E-state index contributed by atoms with van der Waals surface area (Å²) in [7, 11) is 1.48. The number of amides is 1. The van der Waals surface area contributed by atoms with Gasteiger partial charge in [0.2, 0.25) is 5.91 Å². The molecule has 3 heterocycles. The fourth-order valence-corrected chi connectivity index (χ4v) is 5.15. The molecule has 2 aromatic heterocycles. The van der Waals surface area contributed by atoms with Crippen molar-refractivity contribution in [2.24, 2.45) is 0 Å². The number of hydrogen-bond donors (Lipinski definition) is 2. The SMILES string of the molecule is COCC(=O)Nc1ccc(N2C(=S)N[C@@H](c3ccccn3)[C@@H]2c2ccc(-c3ccc(Cl)cc3Cl)o2)cc1. The number of thiocarbonyl (C=S) groups is 1. The third-order valence-corrected chi connectivity index (χ3v) is 6.78. The fraction of sp³-hybridized carbons (Fsp3) is 0.148. The minimum atomic E-state index is -0.337. The Morgan fingerprint density at radius 3 is 2.65 bits per heavy atom. The number of ether oxygens (including phenoxy) is 1. The maximum Gasteiger partial charge on any atom is 0.250 e. The van der Waals surface area contributed by atoms with Crippen LogP contribution in [0.4, 0.5) is 11.4 Å². The van der Waals surface area contributed by atoms with Crippen LogP contribution in [0.15, 0.2) is 83.4 Å². The standard InChI is InChI=1S/C27H22Cl2N4O3S/c1-35-15-24(34)31-17-6-8-18(9-7-17)33-26(25(32-27(33)37)21-4-2-3-13-30-21)23-12-11-22(36-23)19-10-5-16(28)14-20(19)29/h2-14,25-26H,15H2,1H3,(H,31,34)(H,32,37)/t25-,26-/m0/s1. The number of anilines is 2. The van der Waals surface area contributed by atoms with Crippen LogP contribution < -0.4 is 15.5 Å². The van der Waals surface area contributed by atoms with Crippen LogP contribution in [0.1, 0.15) is 23.5 Å². The molecule has 0 spiro atoms. The molecule has 7 nitrogen and oxygen atoms in total. The number of pyridine rings is 1. The van der Waals surface area contributed by atoms with Gasteiger partial charge in [0.1, 0.15) is 24.2 Å². The molecule has 1 amide bonds. The van der Waals surface area contributed by atoms with Gasteiger partial charge >= 0.3 is 0 Å². The van der Waals surface area contributed by atoms with Gasteiger partial charge in [-0.05, 0) is 78.9 Å². The number of halogens is 2. The van der Waals surface area contributed by atoms with E-state index in [0.717, 1.165) is 16.9 Å². The third-order valence-electron chi connectivity index (χ3n) is 5.92. The van der Waals surface area contributed by atoms with E-state index in [1.54, 1.807) is 18.3 Å². The Balaban J connectivity index is 1.52. The number of furan rings is 1. The predicted octanol–water partition coefficient (Wildman–Crippen LogP) is 6.41. The fourth-order valence-electron chi connectivity index (χ4n) is 4.30. The highest BCUT2D eigenvalue weighted by Crippen LogP contribution is 2.43. The molecule has 0 bridgehead atoms. The van der Waals surface area contributed by atoms with E-state index >= 15 is 0 Å². The van der Waals surface area contributed by atoms with Gasteiger partial charge in [-0.3, -0.25) is 9.78 Å². The summed E-state index contributed by atoms with van der Waals surface area (Å²) >= 11 is 18.3. The average Bonchev–Trinajstić information content (AvgIpc) is 3.50. The van der Waals surface area contributed by atoms with E-state index in [4.69, 9.17) is 44.6 Å². The molecule has 0 aliphatic carbocycles. The second-order valence-electron chi connectivity index (χ2n) is 8.35. The van der Waals surface area contributed by atoms with E-state index in [0.29, 0.717) is 32.4 Å². The highest BCUT2D eigenvalue weighted by molar-refractivity contribution is 7.80. The molecule has 1 aliphatic heterocycles. The summed E-state index contributed by atoms with van der Waals surface area (Å²) in [6.45, 7) is -0.0197. The monoisotopic (exact) mass is 552 g/mol. The molecule has 2 atom stereocenters. The van der Waals surface area contributed by atoms with Gasteiger partial charge in [0.25, 0.3) is 0 Å². The largest absolute Gasteiger partial charge is 0.459 e. The number of nitrogens with one attached hydrogen (secondary N) is 2. The lowest BCUT2D eigenvalue weighted by Crippen LogP contribution is -2.29. The number of aromatic nitrogens is 1. The first-order valence-electron chi connectivity index (χ1n) is 11.4. The van der Waals surface area contributed by atoms with Crippen molar-refractivity contribution in [1.29, 1.82) is 0 Å². The van der Waals surface area contributed by atoms with Gasteiger partial charge in [-0.15, -0.1) is 0 Å². The molecular formula is C27H22Cl2N4O3S. The van der Waals surface area contributed by atoms with Crippen LogP contribution in [0.25, 0.3) is 11.3 Å². The molecule has 4 aromatic rings. The predicted molar refractivity (Wildman–Crippen MR) is 149 cm³/mol. The zero-order chi connectivity index (χ0) is 25.9. The van der Waals surface area contributed by atoms with E-state index in [-0.39, 0.29) is 24.6 Å². The number of rotatable bonds is 7. The highest BCUT2D eigenvalue weighted by atomic mass is 35.5. The Morgan fingerprint density at radius 1 is 1.14 bits per heavy atom. The summed E-state index contributed by atoms with van der Waals surface area (Å²) in [6.07, 6.45) is 1.75. The smallest absolute Gasteiger partial charge is 0.250 e. The van der Waals surface area contributed by atoms with Gasteiger partial charge in [0, 0.05) is 35.3 Å². The number of benzene rings is 2. The van der Waals surface area contributed by atoms with Gasteiger partial charge in [-0.25, -0.2) is 0 Å². The van der Waals surface area contributed by atoms with Crippen molar-refractivity contribution in [2.75, 3.05) is 23.9 Å². The topological polar surface area (TPSA) is 79.6 Å². The number of nitrogens with zero attached hydrogens (tertiary/aromatic N) is 2. The summed E-state index contributed by atoms with van der Waals surface area (Å²) in [4.78, 5) is 18.4. The Kier molecular flexibility index (Phi) is 7.43. The summed E-state index contributed by atoms with van der Waals surface area (Å²) in [5.41, 5.74) is 3.04. The number of carbonyl (C=O) groups excluding carboxylic acids is 1.